The molecule has 1 aliphatic rings. The van der Waals surface area contributed by atoms with Gasteiger partial charge < -0.3 is 8.83 Å². The van der Waals surface area contributed by atoms with E-state index in [0.29, 0.717) is 32.1 Å². The topological polar surface area (TPSA) is 107 Å². The van der Waals surface area contributed by atoms with Gasteiger partial charge in [-0.1, -0.05) is 24.0 Å². The average molecular weight is 447 g/mol. The first-order valence-corrected chi connectivity index (χ1v) is 11.1. The molecule has 0 aliphatic carbocycles. The van der Waals surface area contributed by atoms with Crippen LogP contribution >= 0.6 is 24.0 Å². The molecule has 0 radical (unpaired) electrons. The fourth-order valence-electron chi connectivity index (χ4n) is 2.72. The molecule has 3 aromatic rings. The van der Waals surface area contributed by atoms with Crippen molar-refractivity contribution in [3.05, 3.63) is 71.2 Å². The Morgan fingerprint density at radius 1 is 1.14 bits per heavy atom. The van der Waals surface area contributed by atoms with Crippen LogP contribution in [0.15, 0.2) is 73.4 Å². The number of thioether (sulfide) groups is 1. The Morgan fingerprint density at radius 2 is 1.90 bits per heavy atom. The molecule has 0 unspecified atom stereocenters. The summed E-state index contributed by atoms with van der Waals surface area (Å²) in [7, 11) is -3.75. The van der Waals surface area contributed by atoms with E-state index < -0.39 is 10.0 Å². The molecule has 10 heteroatoms. The van der Waals surface area contributed by atoms with Gasteiger partial charge in [0.05, 0.1) is 22.6 Å². The number of benzene rings is 1. The van der Waals surface area contributed by atoms with Gasteiger partial charge in [0.2, 0.25) is 10.0 Å². The summed E-state index contributed by atoms with van der Waals surface area (Å²) < 4.78 is 34.2. The third kappa shape index (κ3) is 4.20. The third-order valence-corrected chi connectivity index (χ3v) is 6.44. The number of amides is 1. The molecule has 1 aliphatic heterocycles. The van der Waals surface area contributed by atoms with E-state index in [-0.39, 0.29) is 17.3 Å². The second-order valence-corrected chi connectivity index (χ2v) is 9.36. The van der Waals surface area contributed by atoms with E-state index in [0.717, 1.165) is 0 Å². The number of hydrogen-bond acceptors (Lipinski definition) is 7. The standard InChI is InChI=1S/C19H14N2O5S3/c20-29(23,24)15-6-3-12(4-7-15)16-8-5-13(26-16)10-17-18(22)21(19(27)28-17)11-14-2-1-9-25-14/h1-10H,11H2,(H2,20,23,24)/b17-10-. The number of furan rings is 2. The van der Waals surface area contributed by atoms with E-state index >= 15 is 0 Å². The van der Waals surface area contributed by atoms with Crippen LogP contribution in [0.3, 0.4) is 0 Å². The van der Waals surface area contributed by atoms with Gasteiger partial charge in [-0.2, -0.15) is 0 Å². The van der Waals surface area contributed by atoms with Crippen LogP contribution in [0.5, 0.6) is 0 Å². The summed E-state index contributed by atoms with van der Waals surface area (Å²) in [4.78, 5) is 14.6. The maximum atomic E-state index is 12.7. The van der Waals surface area contributed by atoms with Crippen molar-refractivity contribution < 1.29 is 22.0 Å². The first-order chi connectivity index (χ1) is 13.8. The highest BCUT2D eigenvalue weighted by atomic mass is 32.2. The van der Waals surface area contributed by atoms with Gasteiger partial charge in [-0.3, -0.25) is 9.69 Å². The lowest BCUT2D eigenvalue weighted by atomic mass is 10.2. The molecular weight excluding hydrogens is 432 g/mol. The highest BCUT2D eigenvalue weighted by Gasteiger charge is 2.32. The fraction of sp³-hybridized carbons (Fsp3) is 0.0526. The lowest BCUT2D eigenvalue weighted by Crippen LogP contribution is -2.27. The lowest BCUT2D eigenvalue weighted by Gasteiger charge is -2.11. The van der Waals surface area contributed by atoms with Crippen LogP contribution in [0, 0.1) is 0 Å². The normalized spacial score (nSPS) is 16.2. The number of sulfonamides is 1. The number of primary sulfonamides is 1. The summed E-state index contributed by atoms with van der Waals surface area (Å²) >= 11 is 6.50. The monoisotopic (exact) mass is 446 g/mol. The number of nitrogens with zero attached hydrogens (tertiary/aromatic N) is 1. The second kappa shape index (κ2) is 7.64. The number of nitrogens with two attached hydrogens (primary N) is 1. The Balaban J connectivity index is 1.53. The van der Waals surface area contributed by atoms with Crippen LogP contribution < -0.4 is 5.14 Å². The van der Waals surface area contributed by atoms with Crippen molar-refractivity contribution >= 4 is 50.3 Å². The molecule has 0 saturated carbocycles. The number of carbonyl (C=O) groups is 1. The molecule has 2 aromatic heterocycles. The molecule has 2 N–H and O–H groups in total. The first-order valence-electron chi connectivity index (χ1n) is 8.32. The van der Waals surface area contributed by atoms with Gasteiger partial charge in [0, 0.05) is 11.6 Å². The zero-order valence-corrected chi connectivity index (χ0v) is 17.2. The molecule has 1 saturated heterocycles. The molecule has 0 bridgehead atoms. The maximum absolute atomic E-state index is 12.7. The van der Waals surface area contributed by atoms with Crippen molar-refractivity contribution in [1.29, 1.82) is 0 Å². The van der Waals surface area contributed by atoms with Crippen LogP contribution in [0.4, 0.5) is 0 Å². The van der Waals surface area contributed by atoms with Crippen molar-refractivity contribution in [3.63, 3.8) is 0 Å². The quantitative estimate of drug-likeness (QED) is 0.471. The van der Waals surface area contributed by atoms with Gasteiger partial charge >= 0.3 is 0 Å². The Kier molecular flexibility index (Phi) is 5.17. The number of hydrogen-bond donors (Lipinski definition) is 1. The van der Waals surface area contributed by atoms with Gasteiger partial charge in [0.25, 0.3) is 5.91 Å². The minimum Gasteiger partial charge on any atom is -0.467 e. The molecule has 148 valence electrons. The Morgan fingerprint density at radius 3 is 2.55 bits per heavy atom. The Labute approximate surface area is 176 Å². The van der Waals surface area contributed by atoms with Crippen molar-refractivity contribution in [2.75, 3.05) is 0 Å². The van der Waals surface area contributed by atoms with Crippen LogP contribution in [0.1, 0.15) is 11.5 Å². The van der Waals surface area contributed by atoms with Crippen molar-refractivity contribution in [3.8, 4) is 11.3 Å². The van der Waals surface area contributed by atoms with Crippen molar-refractivity contribution in [2.24, 2.45) is 5.14 Å². The van der Waals surface area contributed by atoms with E-state index in [1.807, 2.05) is 0 Å². The van der Waals surface area contributed by atoms with Crippen LogP contribution in [-0.2, 0) is 21.4 Å². The predicted octanol–water partition coefficient (Wildman–Crippen LogP) is 3.59. The summed E-state index contributed by atoms with van der Waals surface area (Å²) in [6.07, 6.45) is 3.17. The lowest BCUT2D eigenvalue weighted by molar-refractivity contribution is -0.122. The zero-order chi connectivity index (χ0) is 20.6. The highest BCUT2D eigenvalue weighted by Crippen LogP contribution is 2.34. The minimum absolute atomic E-state index is 0.0215. The number of carbonyl (C=O) groups excluding carboxylic acids is 1. The van der Waals surface area contributed by atoms with Gasteiger partial charge in [-0.25, -0.2) is 13.6 Å². The van der Waals surface area contributed by atoms with Crippen molar-refractivity contribution in [1.82, 2.24) is 4.90 Å². The maximum Gasteiger partial charge on any atom is 0.266 e. The van der Waals surface area contributed by atoms with Gasteiger partial charge in [0.15, 0.2) is 0 Å². The largest absolute Gasteiger partial charge is 0.467 e. The van der Waals surface area contributed by atoms with E-state index in [1.54, 1.807) is 48.7 Å². The Bertz CT molecular complexity index is 1210. The molecule has 1 amide bonds. The van der Waals surface area contributed by atoms with Crippen LogP contribution in [0.2, 0.25) is 0 Å². The second-order valence-electron chi connectivity index (χ2n) is 6.12. The van der Waals surface area contributed by atoms with Crippen LogP contribution in [0.25, 0.3) is 17.4 Å². The predicted molar refractivity (Wildman–Crippen MR) is 113 cm³/mol. The highest BCUT2D eigenvalue weighted by molar-refractivity contribution is 8.26. The van der Waals surface area contributed by atoms with Crippen LogP contribution in [-0.4, -0.2) is 23.5 Å². The molecule has 0 spiro atoms. The SMILES string of the molecule is NS(=O)(=O)c1ccc(-c2ccc(/C=C3\SC(=S)N(Cc4ccco4)C3=O)o2)cc1. The molecule has 4 rings (SSSR count). The van der Waals surface area contributed by atoms with Crippen molar-refractivity contribution in [2.45, 2.75) is 11.4 Å². The molecule has 29 heavy (non-hydrogen) atoms. The molecule has 0 atom stereocenters. The molecule has 1 aromatic carbocycles. The summed E-state index contributed by atoms with van der Waals surface area (Å²) in [6.45, 7) is 0.273. The summed E-state index contributed by atoms with van der Waals surface area (Å²) in [6, 6.07) is 13.0. The smallest absolute Gasteiger partial charge is 0.266 e. The van der Waals surface area contributed by atoms with Gasteiger partial charge in [-0.05, 0) is 48.5 Å². The molecule has 1 fully saturated rings. The third-order valence-electron chi connectivity index (χ3n) is 4.14. The average Bonchev–Trinajstić information content (AvgIpc) is 3.40. The van der Waals surface area contributed by atoms with E-state index in [1.165, 1.54) is 28.8 Å². The van der Waals surface area contributed by atoms with Gasteiger partial charge in [0.1, 0.15) is 21.6 Å². The molecular formula is C19H14N2O5S3. The van der Waals surface area contributed by atoms with E-state index in [4.69, 9.17) is 26.2 Å². The van der Waals surface area contributed by atoms with E-state index in [9.17, 15) is 13.2 Å². The zero-order valence-electron chi connectivity index (χ0n) is 14.8. The Hall–Kier alpha value is -2.66. The molecule has 7 nitrogen and oxygen atoms in total. The first kappa shape index (κ1) is 19.6. The number of rotatable bonds is 5. The molecule has 3 heterocycles. The fourth-order valence-corrected chi connectivity index (χ4v) is 4.47. The summed E-state index contributed by atoms with van der Waals surface area (Å²) in [5, 5.41) is 5.11. The summed E-state index contributed by atoms with van der Waals surface area (Å²) in [5.74, 6) is 1.44. The van der Waals surface area contributed by atoms with Gasteiger partial charge in [-0.15, -0.1) is 0 Å². The summed E-state index contributed by atoms with van der Waals surface area (Å²) in [5.41, 5.74) is 0.683. The van der Waals surface area contributed by atoms with E-state index in [2.05, 4.69) is 0 Å². The number of thiocarbonyl (C=S) groups is 1. The minimum atomic E-state index is -3.75.